The van der Waals surface area contributed by atoms with Crippen LogP contribution < -0.4 is 10.6 Å². The van der Waals surface area contributed by atoms with Crippen LogP contribution in [0.4, 0.5) is 0 Å². The largest absolute Gasteiger partial charge is 0.452 e. The Balaban J connectivity index is 1.68. The van der Waals surface area contributed by atoms with Crippen LogP contribution in [-0.4, -0.2) is 36.2 Å². The highest BCUT2D eigenvalue weighted by Gasteiger charge is 2.21. The van der Waals surface area contributed by atoms with Gasteiger partial charge in [0.1, 0.15) is 0 Å². The smallest absolute Gasteiger partial charge is 0.308 e. The van der Waals surface area contributed by atoms with E-state index in [0.717, 1.165) is 0 Å². The molecule has 2 aromatic carbocycles. The molecule has 0 aliphatic heterocycles. The van der Waals surface area contributed by atoms with Gasteiger partial charge in [-0.3, -0.25) is 19.2 Å². The zero-order valence-electron chi connectivity index (χ0n) is 18.4. The van der Waals surface area contributed by atoms with Gasteiger partial charge in [0.15, 0.2) is 11.9 Å². The average Bonchev–Trinajstić information content (AvgIpc) is 2.77. The van der Waals surface area contributed by atoms with Gasteiger partial charge in [-0.25, -0.2) is 0 Å². The highest BCUT2D eigenvalue weighted by molar-refractivity contribution is 6.35. The zero-order valence-corrected chi connectivity index (χ0v) is 19.9. The predicted octanol–water partition coefficient (Wildman–Crippen LogP) is 4.27. The second-order valence-corrected chi connectivity index (χ2v) is 8.26. The van der Waals surface area contributed by atoms with Crippen molar-refractivity contribution < 1.29 is 23.9 Å². The normalized spacial score (nSPS) is 12.4. The van der Waals surface area contributed by atoms with Gasteiger partial charge >= 0.3 is 5.97 Å². The molecule has 0 aliphatic carbocycles. The van der Waals surface area contributed by atoms with Gasteiger partial charge in [-0.05, 0) is 31.5 Å². The van der Waals surface area contributed by atoms with Crippen molar-refractivity contribution in [2.45, 2.75) is 45.3 Å². The van der Waals surface area contributed by atoms with Crippen molar-refractivity contribution in [1.29, 1.82) is 0 Å². The minimum Gasteiger partial charge on any atom is -0.452 e. The predicted molar refractivity (Wildman–Crippen MR) is 126 cm³/mol. The quantitative estimate of drug-likeness (QED) is 0.360. The maximum absolute atomic E-state index is 12.3. The van der Waals surface area contributed by atoms with Gasteiger partial charge < -0.3 is 15.4 Å². The van der Waals surface area contributed by atoms with Crippen LogP contribution in [0.25, 0.3) is 0 Å². The highest BCUT2D eigenvalue weighted by Crippen LogP contribution is 2.26. The summed E-state index contributed by atoms with van der Waals surface area (Å²) in [6.07, 6.45) is -1.03. The number of esters is 1. The first kappa shape index (κ1) is 26.4. The Morgan fingerprint density at radius 1 is 0.939 bits per heavy atom. The van der Waals surface area contributed by atoms with E-state index < -0.39 is 24.0 Å². The van der Waals surface area contributed by atoms with Gasteiger partial charge in [0, 0.05) is 35.0 Å². The molecule has 0 aliphatic rings. The third kappa shape index (κ3) is 8.86. The number of nitrogens with one attached hydrogen (secondary N) is 2. The maximum Gasteiger partial charge on any atom is 0.308 e. The van der Waals surface area contributed by atoms with E-state index in [2.05, 4.69) is 10.6 Å². The summed E-state index contributed by atoms with van der Waals surface area (Å²) in [6.45, 7) is 3.25. The molecule has 0 spiro atoms. The lowest BCUT2D eigenvalue weighted by molar-refractivity contribution is -0.155. The summed E-state index contributed by atoms with van der Waals surface area (Å²) in [5, 5.41) is 6.20. The molecule has 9 heteroatoms. The van der Waals surface area contributed by atoms with Crippen molar-refractivity contribution >= 4 is 46.8 Å². The van der Waals surface area contributed by atoms with Gasteiger partial charge in [0.2, 0.25) is 5.91 Å². The van der Waals surface area contributed by atoms with Crippen molar-refractivity contribution in [2.24, 2.45) is 0 Å². The minimum atomic E-state index is -1.02. The number of carbonyl (C=O) groups is 4. The van der Waals surface area contributed by atoms with Gasteiger partial charge in [0.05, 0.1) is 12.5 Å². The van der Waals surface area contributed by atoms with E-state index in [-0.39, 0.29) is 37.5 Å². The highest BCUT2D eigenvalue weighted by atomic mass is 35.5. The second kappa shape index (κ2) is 13.0. The summed E-state index contributed by atoms with van der Waals surface area (Å²) in [6, 6.07) is 13.3. The summed E-state index contributed by atoms with van der Waals surface area (Å²) >= 11 is 12.0. The number of carbonyl (C=O) groups excluding carboxylic acids is 4. The van der Waals surface area contributed by atoms with Gasteiger partial charge in [-0.2, -0.15) is 0 Å². The number of ether oxygens (including phenoxy) is 1. The van der Waals surface area contributed by atoms with Crippen LogP contribution in [0.1, 0.15) is 55.1 Å². The summed E-state index contributed by atoms with van der Waals surface area (Å²) < 4.78 is 5.13. The van der Waals surface area contributed by atoms with Crippen LogP contribution >= 0.6 is 23.2 Å². The van der Waals surface area contributed by atoms with Gasteiger partial charge in [-0.15, -0.1) is 0 Å². The molecule has 176 valence electrons. The molecule has 7 nitrogen and oxygen atoms in total. The minimum absolute atomic E-state index is 0.0206. The molecule has 0 radical (unpaired) electrons. The number of Topliss-reactive ketones (excluding diaryl/α,β-unsaturated/α-hetero) is 1. The number of hydrogen-bond donors (Lipinski definition) is 2. The molecule has 2 amide bonds. The van der Waals surface area contributed by atoms with E-state index in [1.54, 1.807) is 49.4 Å². The fourth-order valence-electron chi connectivity index (χ4n) is 2.96. The van der Waals surface area contributed by atoms with Crippen molar-refractivity contribution in [3.05, 3.63) is 69.7 Å². The first-order valence-corrected chi connectivity index (χ1v) is 11.2. The number of halogens is 2. The zero-order chi connectivity index (χ0) is 24.4. The number of hydrogen-bond acceptors (Lipinski definition) is 5. The average molecular weight is 493 g/mol. The number of rotatable bonds is 11. The lowest BCUT2D eigenvalue weighted by Gasteiger charge is -2.19. The van der Waals surface area contributed by atoms with Crippen molar-refractivity contribution in [2.75, 3.05) is 6.54 Å². The van der Waals surface area contributed by atoms with Crippen LogP contribution in [0.2, 0.25) is 10.0 Å². The van der Waals surface area contributed by atoms with Crippen LogP contribution in [0, 0.1) is 0 Å². The van der Waals surface area contributed by atoms with Gasteiger partial charge in [0.25, 0.3) is 5.91 Å². The Morgan fingerprint density at radius 3 is 2.30 bits per heavy atom. The third-order valence-corrected chi connectivity index (χ3v) is 5.35. The van der Waals surface area contributed by atoms with Crippen LogP contribution in [0.3, 0.4) is 0 Å². The number of benzene rings is 2. The summed E-state index contributed by atoms with van der Waals surface area (Å²) in [4.78, 5) is 48.2. The second-order valence-electron chi connectivity index (χ2n) is 7.42. The molecule has 0 fully saturated rings. The molecule has 0 unspecified atom stereocenters. The molecular formula is C24H26Cl2N2O5. The summed E-state index contributed by atoms with van der Waals surface area (Å²) in [5.41, 5.74) is 1.23. The molecule has 0 saturated heterocycles. The third-order valence-electron chi connectivity index (χ3n) is 4.79. The molecule has 2 atom stereocenters. The van der Waals surface area contributed by atoms with E-state index in [1.165, 1.54) is 6.92 Å². The fourth-order valence-corrected chi connectivity index (χ4v) is 3.53. The molecule has 2 rings (SSSR count). The molecule has 2 aromatic rings. The molecule has 0 aromatic heterocycles. The van der Waals surface area contributed by atoms with Crippen LogP contribution in [0.5, 0.6) is 0 Å². The van der Waals surface area contributed by atoms with Crippen molar-refractivity contribution in [3.8, 4) is 0 Å². The molecule has 33 heavy (non-hydrogen) atoms. The molecule has 0 heterocycles. The first-order valence-electron chi connectivity index (χ1n) is 10.5. The van der Waals surface area contributed by atoms with Crippen molar-refractivity contribution in [3.63, 3.8) is 0 Å². The molecule has 0 saturated carbocycles. The number of amides is 2. The Labute approximate surface area is 202 Å². The Morgan fingerprint density at radius 2 is 1.64 bits per heavy atom. The SMILES string of the molecule is C[C@H](OC(=O)CCNC(=O)CCC(=O)c1ccccc1)C(=O)N[C@H](C)c1ccc(Cl)cc1Cl. The van der Waals surface area contributed by atoms with E-state index >= 15 is 0 Å². The maximum atomic E-state index is 12.3. The summed E-state index contributed by atoms with van der Waals surface area (Å²) in [5.74, 6) is -1.58. The topological polar surface area (TPSA) is 102 Å². The van der Waals surface area contributed by atoms with E-state index in [0.29, 0.717) is 21.2 Å². The van der Waals surface area contributed by atoms with E-state index in [9.17, 15) is 19.2 Å². The molecule has 0 bridgehead atoms. The molecular weight excluding hydrogens is 467 g/mol. The molecule has 2 N–H and O–H groups in total. The van der Waals surface area contributed by atoms with Crippen LogP contribution in [0.15, 0.2) is 48.5 Å². The number of ketones is 1. The lowest BCUT2D eigenvalue weighted by Crippen LogP contribution is -2.38. The summed E-state index contributed by atoms with van der Waals surface area (Å²) in [7, 11) is 0. The standard InChI is InChI=1S/C24H26Cl2N2O5/c1-15(19-9-8-18(25)14-20(19)26)28-24(32)16(2)33-23(31)12-13-27-22(30)11-10-21(29)17-6-4-3-5-7-17/h3-9,14-16H,10-13H2,1-2H3,(H,27,30)(H,28,32)/t15-,16+/m1/s1. The Kier molecular flexibility index (Phi) is 10.4. The van der Waals surface area contributed by atoms with Crippen molar-refractivity contribution in [1.82, 2.24) is 10.6 Å². The van der Waals surface area contributed by atoms with E-state index in [4.69, 9.17) is 27.9 Å². The first-order chi connectivity index (χ1) is 15.7. The monoisotopic (exact) mass is 492 g/mol. The van der Waals surface area contributed by atoms with Gasteiger partial charge in [-0.1, -0.05) is 59.6 Å². The van der Waals surface area contributed by atoms with Crippen LogP contribution in [-0.2, 0) is 19.1 Å². The Hall–Kier alpha value is -2.90. The fraction of sp³-hybridized carbons (Fsp3) is 0.333. The van der Waals surface area contributed by atoms with E-state index in [1.807, 2.05) is 6.07 Å². The lowest BCUT2D eigenvalue weighted by atomic mass is 10.1. The Bertz CT molecular complexity index is 998.